The van der Waals surface area contributed by atoms with Gasteiger partial charge < -0.3 is 20.2 Å². The molecular formula is C28H32N2O3. The summed E-state index contributed by atoms with van der Waals surface area (Å²) in [5.41, 5.74) is 11.5. The van der Waals surface area contributed by atoms with Gasteiger partial charge in [0.1, 0.15) is 12.0 Å². The van der Waals surface area contributed by atoms with Gasteiger partial charge in [-0.3, -0.25) is 4.79 Å². The van der Waals surface area contributed by atoms with Crippen molar-refractivity contribution in [3.63, 3.8) is 0 Å². The van der Waals surface area contributed by atoms with E-state index in [0.717, 1.165) is 29.7 Å². The predicted molar refractivity (Wildman–Crippen MR) is 132 cm³/mol. The van der Waals surface area contributed by atoms with E-state index in [-0.39, 0.29) is 5.92 Å². The van der Waals surface area contributed by atoms with E-state index in [0.29, 0.717) is 18.0 Å². The van der Waals surface area contributed by atoms with Crippen molar-refractivity contribution in [1.29, 1.82) is 0 Å². The summed E-state index contributed by atoms with van der Waals surface area (Å²) in [6.07, 6.45) is 10.4. The molecule has 2 N–H and O–H groups in total. The molecule has 2 fully saturated rings. The van der Waals surface area contributed by atoms with Gasteiger partial charge >= 0.3 is 0 Å². The first-order valence-electron chi connectivity index (χ1n) is 12.0. The molecule has 2 aromatic carbocycles. The molecule has 5 heteroatoms. The first-order valence-corrected chi connectivity index (χ1v) is 12.0. The molecule has 0 radical (unpaired) electrons. The highest BCUT2D eigenvalue weighted by atomic mass is 16.5. The van der Waals surface area contributed by atoms with Crippen LogP contribution in [0.3, 0.4) is 0 Å². The lowest BCUT2D eigenvalue weighted by Gasteiger charge is -2.32. The maximum atomic E-state index is 12.3. The van der Waals surface area contributed by atoms with E-state index < -0.39 is 11.3 Å². The molecule has 172 valence electrons. The van der Waals surface area contributed by atoms with Crippen molar-refractivity contribution < 1.29 is 14.3 Å². The number of nitrogens with zero attached hydrogens (tertiary/aromatic N) is 1. The summed E-state index contributed by atoms with van der Waals surface area (Å²) in [4.78, 5) is 26.5. The molecule has 3 aliphatic rings. The Balaban J connectivity index is 1.75. The van der Waals surface area contributed by atoms with Crippen molar-refractivity contribution in [2.75, 3.05) is 25.6 Å². The predicted octanol–water partition coefficient (Wildman–Crippen LogP) is 5.04. The van der Waals surface area contributed by atoms with Crippen LogP contribution < -0.4 is 15.4 Å². The van der Waals surface area contributed by atoms with Crippen molar-refractivity contribution in [3.8, 4) is 5.75 Å². The Morgan fingerprint density at radius 3 is 2.64 bits per heavy atom. The normalized spacial score (nSPS) is 26.2. The third-order valence-corrected chi connectivity index (χ3v) is 7.91. The standard InChI is InChI=1S/C28H32N2O3/c1-30-16-28(17-31)15-25(28)24-14-21(33-2)10-8-19(24)12-23(18-6-4-3-5-7-18)22-11-9-20(27(29)32)13-26(22)30/h8-14,17-18,25H,3-7,15-16H2,1-2H3,(H2,29,32)/b23-12+. The van der Waals surface area contributed by atoms with Crippen LogP contribution in [0.1, 0.15) is 71.5 Å². The number of hydrogen-bond donors (Lipinski definition) is 1. The van der Waals surface area contributed by atoms with Crippen LogP contribution in [-0.2, 0) is 4.79 Å². The number of rotatable bonds is 4. The number of hydrogen-bond acceptors (Lipinski definition) is 4. The number of benzene rings is 2. The van der Waals surface area contributed by atoms with Gasteiger partial charge in [-0.15, -0.1) is 0 Å². The fourth-order valence-corrected chi connectivity index (χ4v) is 5.96. The first kappa shape index (κ1) is 21.7. The van der Waals surface area contributed by atoms with Crippen LogP contribution in [0, 0.1) is 11.3 Å². The molecule has 2 aromatic rings. The van der Waals surface area contributed by atoms with Gasteiger partial charge in [-0.05, 0) is 72.1 Å². The Morgan fingerprint density at radius 1 is 1.15 bits per heavy atom. The Hall–Kier alpha value is -3.08. The zero-order valence-electron chi connectivity index (χ0n) is 19.5. The highest BCUT2D eigenvalue weighted by Gasteiger charge is 2.56. The third-order valence-electron chi connectivity index (χ3n) is 7.91. The number of fused-ring (bicyclic) bond motifs is 4. The van der Waals surface area contributed by atoms with Crippen molar-refractivity contribution >= 4 is 29.5 Å². The van der Waals surface area contributed by atoms with Crippen LogP contribution >= 0.6 is 0 Å². The Kier molecular flexibility index (Phi) is 5.51. The van der Waals surface area contributed by atoms with Gasteiger partial charge in [0.25, 0.3) is 0 Å². The molecule has 2 unspecified atom stereocenters. The second kappa shape index (κ2) is 8.36. The summed E-state index contributed by atoms with van der Waals surface area (Å²) in [5, 5.41) is 0. The molecule has 0 bridgehead atoms. The van der Waals surface area contributed by atoms with E-state index in [1.54, 1.807) is 7.11 Å². The fourth-order valence-electron chi connectivity index (χ4n) is 5.96. The van der Waals surface area contributed by atoms with Crippen LogP contribution in [-0.4, -0.2) is 32.9 Å². The van der Waals surface area contributed by atoms with Crippen molar-refractivity contribution in [3.05, 3.63) is 58.7 Å². The Bertz CT molecular complexity index is 1130. The molecule has 2 saturated carbocycles. The molecule has 2 aliphatic carbocycles. The summed E-state index contributed by atoms with van der Waals surface area (Å²) < 4.78 is 5.53. The number of anilines is 1. The minimum absolute atomic E-state index is 0.160. The maximum absolute atomic E-state index is 12.3. The van der Waals surface area contributed by atoms with Crippen LogP contribution in [0.4, 0.5) is 5.69 Å². The SMILES string of the molecule is COc1ccc2c(c1)C1CC1(C=O)CN(C)c1cc(C(N)=O)ccc1/C(C1CCCCC1)=C/2. The molecule has 1 amide bonds. The van der Waals surface area contributed by atoms with E-state index in [9.17, 15) is 9.59 Å². The van der Waals surface area contributed by atoms with Crippen molar-refractivity contribution in [2.24, 2.45) is 17.1 Å². The Morgan fingerprint density at radius 2 is 1.94 bits per heavy atom. The van der Waals surface area contributed by atoms with Gasteiger partial charge in [-0.1, -0.05) is 37.5 Å². The number of primary amides is 1. The van der Waals surface area contributed by atoms with E-state index in [1.165, 1.54) is 48.8 Å². The zero-order chi connectivity index (χ0) is 23.2. The lowest BCUT2D eigenvalue weighted by atomic mass is 9.78. The van der Waals surface area contributed by atoms with Crippen LogP contribution in [0.15, 0.2) is 36.4 Å². The minimum Gasteiger partial charge on any atom is -0.497 e. The monoisotopic (exact) mass is 444 g/mol. The summed E-state index contributed by atoms with van der Waals surface area (Å²) in [7, 11) is 3.71. The van der Waals surface area contributed by atoms with E-state index in [4.69, 9.17) is 10.5 Å². The number of ether oxygens (including phenoxy) is 1. The molecule has 2 atom stereocenters. The molecule has 0 aromatic heterocycles. The Labute approximate surface area is 195 Å². The van der Waals surface area contributed by atoms with Crippen LogP contribution in [0.5, 0.6) is 5.75 Å². The molecule has 33 heavy (non-hydrogen) atoms. The molecular weight excluding hydrogens is 412 g/mol. The van der Waals surface area contributed by atoms with Gasteiger partial charge in [0.2, 0.25) is 5.91 Å². The summed E-state index contributed by atoms with van der Waals surface area (Å²) in [6.45, 7) is 0.602. The number of carbonyl (C=O) groups is 2. The van der Waals surface area contributed by atoms with Gasteiger partial charge in [0.15, 0.2) is 0 Å². The molecule has 0 spiro atoms. The number of nitrogens with two attached hydrogens (primary N) is 1. The second-order valence-electron chi connectivity index (χ2n) is 9.99. The average molecular weight is 445 g/mol. The number of allylic oxidation sites excluding steroid dienone is 1. The van der Waals surface area contributed by atoms with E-state index >= 15 is 0 Å². The second-order valence-corrected chi connectivity index (χ2v) is 9.99. The lowest BCUT2D eigenvalue weighted by Crippen LogP contribution is -2.30. The molecule has 5 rings (SSSR count). The molecule has 1 aliphatic heterocycles. The fraction of sp³-hybridized carbons (Fsp3) is 0.429. The van der Waals surface area contributed by atoms with E-state index in [1.807, 2.05) is 25.2 Å². The summed E-state index contributed by atoms with van der Waals surface area (Å²) in [5.74, 6) is 1.02. The van der Waals surface area contributed by atoms with Gasteiger partial charge in [-0.25, -0.2) is 0 Å². The minimum atomic E-state index is -0.438. The van der Waals surface area contributed by atoms with Crippen molar-refractivity contribution in [1.82, 2.24) is 0 Å². The van der Waals surface area contributed by atoms with E-state index in [2.05, 4.69) is 29.2 Å². The first-order chi connectivity index (χ1) is 16.0. The molecule has 0 saturated heterocycles. The van der Waals surface area contributed by atoms with Gasteiger partial charge in [0, 0.05) is 30.4 Å². The highest BCUT2D eigenvalue weighted by molar-refractivity contribution is 5.97. The zero-order valence-corrected chi connectivity index (χ0v) is 19.5. The topological polar surface area (TPSA) is 72.6 Å². The number of carbonyl (C=O) groups excluding carboxylic acids is 2. The average Bonchev–Trinajstić information content (AvgIpc) is 3.56. The smallest absolute Gasteiger partial charge is 0.248 e. The number of aldehydes is 1. The molecule has 1 heterocycles. The number of methoxy groups -OCH3 is 1. The summed E-state index contributed by atoms with van der Waals surface area (Å²) >= 11 is 0. The number of amides is 1. The largest absolute Gasteiger partial charge is 0.497 e. The van der Waals surface area contributed by atoms with Crippen LogP contribution in [0.2, 0.25) is 0 Å². The van der Waals surface area contributed by atoms with Crippen molar-refractivity contribution in [2.45, 2.75) is 44.4 Å². The third kappa shape index (κ3) is 3.84. The van der Waals surface area contributed by atoms with Gasteiger partial charge in [0.05, 0.1) is 12.5 Å². The summed E-state index contributed by atoms with van der Waals surface area (Å²) in [6, 6.07) is 12.0. The quantitative estimate of drug-likeness (QED) is 0.671. The maximum Gasteiger partial charge on any atom is 0.248 e. The van der Waals surface area contributed by atoms with Crippen LogP contribution in [0.25, 0.3) is 11.6 Å². The lowest BCUT2D eigenvalue weighted by molar-refractivity contribution is -0.112. The van der Waals surface area contributed by atoms with Gasteiger partial charge in [-0.2, -0.15) is 0 Å². The highest BCUT2D eigenvalue weighted by Crippen LogP contribution is 2.60. The molecule has 5 nitrogen and oxygen atoms in total.